The number of hydrogen-bond donors (Lipinski definition) is 0. The Hall–Kier alpha value is -0.910. The van der Waals surface area contributed by atoms with E-state index >= 15 is 0 Å². The molecule has 0 bridgehead atoms. The van der Waals surface area contributed by atoms with E-state index in [-0.39, 0.29) is 12.2 Å². The molecule has 0 N–H and O–H groups in total. The van der Waals surface area contributed by atoms with Gasteiger partial charge in [-0.05, 0) is 0 Å². The number of ether oxygens (including phenoxy) is 4. The molecule has 0 fully saturated rings. The van der Waals surface area contributed by atoms with Gasteiger partial charge in [-0.25, -0.2) is 0 Å². The Bertz CT molecular complexity index is 238. The third-order valence-electron chi connectivity index (χ3n) is 2.37. The molecule has 0 radical (unpaired) electrons. The van der Waals surface area contributed by atoms with E-state index in [1.54, 1.807) is 14.2 Å². The molecule has 15 heavy (non-hydrogen) atoms. The number of rotatable bonds is 5. The summed E-state index contributed by atoms with van der Waals surface area (Å²) in [7, 11) is 4.66. The smallest absolute Gasteiger partial charge is 0.151 e. The number of carbonyl (C=O) groups excluding carboxylic acids is 1. The molecule has 1 aliphatic rings. The van der Waals surface area contributed by atoms with Crippen LogP contribution >= 0.6 is 0 Å². The Morgan fingerprint density at radius 2 is 2.13 bits per heavy atom. The van der Waals surface area contributed by atoms with Crippen LogP contribution < -0.4 is 0 Å². The van der Waals surface area contributed by atoms with Crippen molar-refractivity contribution >= 4 is 6.29 Å². The molecule has 3 atom stereocenters. The van der Waals surface area contributed by atoms with Crippen LogP contribution in [-0.2, 0) is 23.7 Å². The van der Waals surface area contributed by atoms with E-state index in [9.17, 15) is 4.79 Å². The number of carbonyl (C=O) groups is 1. The lowest BCUT2D eigenvalue weighted by molar-refractivity contribution is -0.126. The van der Waals surface area contributed by atoms with E-state index in [0.29, 0.717) is 18.5 Å². The zero-order valence-corrected chi connectivity index (χ0v) is 9.14. The van der Waals surface area contributed by atoms with Crippen LogP contribution in [-0.4, -0.2) is 52.5 Å². The van der Waals surface area contributed by atoms with Gasteiger partial charge in [-0.1, -0.05) is 0 Å². The summed E-state index contributed by atoms with van der Waals surface area (Å²) in [6.07, 6.45) is 1.12. The maximum atomic E-state index is 10.7. The fraction of sp³-hybridized carbons (Fsp3) is 0.700. The van der Waals surface area contributed by atoms with Crippen LogP contribution in [0.3, 0.4) is 0 Å². The lowest BCUT2D eigenvalue weighted by Crippen LogP contribution is -2.47. The average molecular weight is 216 g/mol. The molecule has 1 rings (SSSR count). The van der Waals surface area contributed by atoms with Crippen molar-refractivity contribution in [2.24, 2.45) is 0 Å². The SMILES string of the molecule is COC[C@H]1OC=C(C=O)[C@H](OC)[C@@H]1OC. The molecule has 0 saturated heterocycles. The van der Waals surface area contributed by atoms with Crippen molar-refractivity contribution in [1.29, 1.82) is 0 Å². The molecule has 0 aliphatic carbocycles. The Morgan fingerprint density at radius 1 is 1.40 bits per heavy atom. The highest BCUT2D eigenvalue weighted by atomic mass is 16.6. The zero-order valence-electron chi connectivity index (χ0n) is 9.14. The Labute approximate surface area is 88.9 Å². The largest absolute Gasteiger partial charge is 0.492 e. The quantitative estimate of drug-likeness (QED) is 0.612. The van der Waals surface area contributed by atoms with Gasteiger partial charge in [0.25, 0.3) is 0 Å². The van der Waals surface area contributed by atoms with Crippen molar-refractivity contribution in [2.75, 3.05) is 27.9 Å². The van der Waals surface area contributed by atoms with Crippen molar-refractivity contribution in [1.82, 2.24) is 0 Å². The minimum absolute atomic E-state index is 0.256. The molecule has 0 saturated carbocycles. The van der Waals surface area contributed by atoms with Crippen molar-refractivity contribution in [3.63, 3.8) is 0 Å². The van der Waals surface area contributed by atoms with Crippen LogP contribution in [0.2, 0.25) is 0 Å². The van der Waals surface area contributed by atoms with Gasteiger partial charge >= 0.3 is 0 Å². The molecule has 86 valence electrons. The van der Waals surface area contributed by atoms with Crippen LogP contribution in [0.25, 0.3) is 0 Å². The van der Waals surface area contributed by atoms with Crippen molar-refractivity contribution in [2.45, 2.75) is 18.3 Å². The molecule has 0 aromatic rings. The zero-order chi connectivity index (χ0) is 11.3. The molecule has 1 aliphatic heterocycles. The summed E-state index contributed by atoms with van der Waals surface area (Å²) in [6, 6.07) is 0. The van der Waals surface area contributed by atoms with Crippen LogP contribution in [0.4, 0.5) is 0 Å². The van der Waals surface area contributed by atoms with E-state index in [1.165, 1.54) is 13.4 Å². The summed E-state index contributed by atoms with van der Waals surface area (Å²) >= 11 is 0. The molecular formula is C10H16O5. The molecule has 5 nitrogen and oxygen atoms in total. The van der Waals surface area contributed by atoms with Crippen LogP contribution in [0, 0.1) is 0 Å². The standard InChI is InChI=1S/C10H16O5/c1-12-6-8-10(14-3)9(13-2)7(4-11)5-15-8/h4-5,8-10H,6H2,1-3H3/t8-,9+,10-/m1/s1. The van der Waals surface area contributed by atoms with Crippen LogP contribution in [0.15, 0.2) is 11.8 Å². The first kappa shape index (κ1) is 12.2. The second-order valence-corrected chi connectivity index (χ2v) is 3.22. The normalized spacial score (nSPS) is 30.6. The lowest BCUT2D eigenvalue weighted by atomic mass is 9.99. The number of methoxy groups -OCH3 is 3. The second kappa shape index (κ2) is 5.85. The fourth-order valence-electron chi connectivity index (χ4n) is 1.63. The Balaban J connectivity index is 2.82. The third-order valence-corrected chi connectivity index (χ3v) is 2.37. The first-order valence-corrected chi connectivity index (χ1v) is 4.63. The third kappa shape index (κ3) is 2.56. The van der Waals surface area contributed by atoms with Crippen LogP contribution in [0.1, 0.15) is 0 Å². The summed E-state index contributed by atoms with van der Waals surface area (Å²) in [5, 5.41) is 0. The molecule has 0 aromatic carbocycles. The molecule has 0 spiro atoms. The van der Waals surface area contributed by atoms with Gasteiger partial charge in [-0.15, -0.1) is 0 Å². The van der Waals surface area contributed by atoms with E-state index in [0.717, 1.165) is 0 Å². The lowest BCUT2D eigenvalue weighted by Gasteiger charge is -2.34. The Morgan fingerprint density at radius 3 is 2.60 bits per heavy atom. The predicted octanol–water partition coefficient (Wildman–Crippen LogP) is 0.144. The summed E-state index contributed by atoms with van der Waals surface area (Å²) in [5.74, 6) is 0. The topological polar surface area (TPSA) is 54.0 Å². The van der Waals surface area contributed by atoms with Gasteiger partial charge in [-0.3, -0.25) is 4.79 Å². The van der Waals surface area contributed by atoms with Gasteiger partial charge in [0.05, 0.1) is 18.4 Å². The average Bonchev–Trinajstić information content (AvgIpc) is 2.28. The molecular weight excluding hydrogens is 200 g/mol. The molecule has 0 aromatic heterocycles. The summed E-state index contributed by atoms with van der Waals surface area (Å²) in [6.45, 7) is 0.390. The summed E-state index contributed by atoms with van der Waals surface area (Å²) in [4.78, 5) is 10.7. The summed E-state index contributed by atoms with van der Waals surface area (Å²) in [5.41, 5.74) is 0.441. The highest BCUT2D eigenvalue weighted by molar-refractivity contribution is 5.74. The van der Waals surface area contributed by atoms with Gasteiger partial charge in [0, 0.05) is 21.3 Å². The monoisotopic (exact) mass is 216 g/mol. The van der Waals surface area contributed by atoms with E-state index in [2.05, 4.69) is 0 Å². The van der Waals surface area contributed by atoms with Gasteiger partial charge in [-0.2, -0.15) is 0 Å². The number of aldehydes is 1. The molecule has 5 heteroatoms. The van der Waals surface area contributed by atoms with Gasteiger partial charge in [0.15, 0.2) is 6.29 Å². The predicted molar refractivity (Wildman–Crippen MR) is 52.5 cm³/mol. The first-order valence-electron chi connectivity index (χ1n) is 4.63. The molecule has 0 amide bonds. The van der Waals surface area contributed by atoms with Crippen molar-refractivity contribution in [3.05, 3.63) is 11.8 Å². The van der Waals surface area contributed by atoms with E-state index in [1.807, 2.05) is 0 Å². The molecule has 0 unspecified atom stereocenters. The minimum Gasteiger partial charge on any atom is -0.492 e. The number of hydrogen-bond acceptors (Lipinski definition) is 5. The molecule has 1 heterocycles. The maximum Gasteiger partial charge on any atom is 0.151 e. The second-order valence-electron chi connectivity index (χ2n) is 3.22. The maximum absolute atomic E-state index is 10.7. The van der Waals surface area contributed by atoms with Gasteiger partial charge < -0.3 is 18.9 Å². The van der Waals surface area contributed by atoms with E-state index < -0.39 is 6.10 Å². The van der Waals surface area contributed by atoms with Crippen molar-refractivity contribution in [3.8, 4) is 0 Å². The van der Waals surface area contributed by atoms with Gasteiger partial charge in [0.2, 0.25) is 0 Å². The Kier molecular flexibility index (Phi) is 4.74. The van der Waals surface area contributed by atoms with E-state index in [4.69, 9.17) is 18.9 Å². The van der Waals surface area contributed by atoms with Crippen molar-refractivity contribution < 1.29 is 23.7 Å². The highest BCUT2D eigenvalue weighted by Crippen LogP contribution is 2.22. The highest BCUT2D eigenvalue weighted by Gasteiger charge is 2.37. The van der Waals surface area contributed by atoms with Crippen LogP contribution in [0.5, 0.6) is 0 Å². The summed E-state index contributed by atoms with van der Waals surface area (Å²) < 4.78 is 20.8. The fourth-order valence-corrected chi connectivity index (χ4v) is 1.63. The minimum atomic E-state index is -0.401. The van der Waals surface area contributed by atoms with Gasteiger partial charge in [0.1, 0.15) is 18.3 Å². The first-order chi connectivity index (χ1) is 7.28.